The number of nitrogens with zero attached hydrogens (tertiary/aromatic N) is 7. The average molecular weight is 476 g/mol. The molecular formula is C23H22ClN9O. The quantitative estimate of drug-likeness (QED) is 0.406. The molecule has 11 heteroatoms. The number of fused-ring (bicyclic) bond motifs is 3. The van der Waals surface area contributed by atoms with Crippen molar-refractivity contribution >= 4 is 39.5 Å². The van der Waals surface area contributed by atoms with Crippen molar-refractivity contribution in [3.63, 3.8) is 0 Å². The van der Waals surface area contributed by atoms with Crippen LogP contribution >= 0.6 is 11.6 Å². The first-order valence-electron chi connectivity index (χ1n) is 11.2. The molecule has 0 bridgehead atoms. The average Bonchev–Trinajstić information content (AvgIpc) is 3.44. The zero-order valence-corrected chi connectivity index (χ0v) is 19.4. The Morgan fingerprint density at radius 2 is 2.12 bits per heavy atom. The number of halogens is 1. The molecular weight excluding hydrogens is 454 g/mol. The lowest BCUT2D eigenvalue weighted by Gasteiger charge is -2.25. The second-order valence-corrected chi connectivity index (χ2v) is 9.72. The van der Waals surface area contributed by atoms with Crippen LogP contribution in [0.1, 0.15) is 11.5 Å². The normalized spacial score (nSPS) is 23.8. The summed E-state index contributed by atoms with van der Waals surface area (Å²) < 4.78 is 7.07. The van der Waals surface area contributed by atoms with Gasteiger partial charge in [-0.15, -0.1) is 0 Å². The van der Waals surface area contributed by atoms with Crippen LogP contribution in [0.15, 0.2) is 35.1 Å². The molecule has 2 fully saturated rings. The smallest absolute Gasteiger partial charge is 0.202 e. The van der Waals surface area contributed by atoms with E-state index in [0.717, 1.165) is 52.5 Å². The maximum absolute atomic E-state index is 6.72. The number of anilines is 1. The third-order valence-corrected chi connectivity index (χ3v) is 7.97. The topological polar surface area (TPSA) is 128 Å². The first-order valence-corrected chi connectivity index (χ1v) is 11.6. The second-order valence-electron chi connectivity index (χ2n) is 9.35. The van der Waals surface area contributed by atoms with E-state index >= 15 is 0 Å². The molecule has 0 spiro atoms. The summed E-state index contributed by atoms with van der Waals surface area (Å²) in [4.78, 5) is 11.8. The van der Waals surface area contributed by atoms with E-state index < -0.39 is 0 Å². The third-order valence-electron chi connectivity index (χ3n) is 7.56. The van der Waals surface area contributed by atoms with Crippen molar-refractivity contribution < 1.29 is 4.52 Å². The molecule has 172 valence electrons. The fourth-order valence-corrected chi connectivity index (χ4v) is 6.10. The first-order chi connectivity index (χ1) is 16.5. The number of hydrogen-bond acceptors (Lipinski definition) is 8. The molecule has 10 nitrogen and oxygen atoms in total. The maximum atomic E-state index is 6.72. The van der Waals surface area contributed by atoms with Crippen molar-refractivity contribution in [3.05, 3.63) is 47.1 Å². The summed E-state index contributed by atoms with van der Waals surface area (Å²) in [5.74, 6) is 2.49. The summed E-state index contributed by atoms with van der Waals surface area (Å²) in [5, 5.41) is 17.7. The number of aromatic nitrogens is 7. The van der Waals surface area contributed by atoms with E-state index in [1.165, 1.54) is 0 Å². The third kappa shape index (κ3) is 2.57. The number of hydrogen-bond donors (Lipinski definition) is 2. The van der Waals surface area contributed by atoms with Crippen molar-refractivity contribution in [3.8, 4) is 11.3 Å². The molecule has 5 aromatic rings. The minimum Gasteiger partial charge on any atom is -0.361 e. The Morgan fingerprint density at radius 3 is 2.85 bits per heavy atom. The lowest BCUT2D eigenvalue weighted by atomic mass is 9.95. The predicted molar refractivity (Wildman–Crippen MR) is 128 cm³/mol. The van der Waals surface area contributed by atoms with Crippen LogP contribution in [-0.2, 0) is 12.5 Å². The van der Waals surface area contributed by atoms with E-state index in [1.807, 2.05) is 44.6 Å². The molecule has 3 N–H and O–H groups in total. The zero-order valence-electron chi connectivity index (χ0n) is 18.7. The van der Waals surface area contributed by atoms with Gasteiger partial charge in [-0.2, -0.15) is 10.2 Å². The summed E-state index contributed by atoms with van der Waals surface area (Å²) in [6, 6.07) is 5.90. The molecule has 3 atom stereocenters. The van der Waals surface area contributed by atoms with Gasteiger partial charge in [0, 0.05) is 55.3 Å². The molecule has 1 aliphatic heterocycles. The van der Waals surface area contributed by atoms with Gasteiger partial charge in [0.1, 0.15) is 17.1 Å². The summed E-state index contributed by atoms with van der Waals surface area (Å²) in [5.41, 5.74) is 10.8. The summed E-state index contributed by atoms with van der Waals surface area (Å²) in [6.45, 7) is 4.19. The number of nitrogens with one attached hydrogen (secondary N) is 1. The first kappa shape index (κ1) is 19.9. The highest BCUT2D eigenvalue weighted by molar-refractivity contribution is 6.38. The van der Waals surface area contributed by atoms with E-state index in [-0.39, 0.29) is 5.41 Å². The zero-order chi connectivity index (χ0) is 23.2. The van der Waals surface area contributed by atoms with Gasteiger partial charge in [0.25, 0.3) is 0 Å². The predicted octanol–water partition coefficient (Wildman–Crippen LogP) is 2.82. The molecule has 2 aliphatic rings. The molecule has 0 radical (unpaired) electrons. The Kier molecular flexibility index (Phi) is 3.97. The van der Waals surface area contributed by atoms with E-state index in [1.54, 1.807) is 4.68 Å². The van der Waals surface area contributed by atoms with Crippen LogP contribution in [0.2, 0.25) is 5.02 Å². The Labute approximate surface area is 199 Å². The van der Waals surface area contributed by atoms with Crippen molar-refractivity contribution in [1.29, 1.82) is 0 Å². The molecule has 4 aromatic heterocycles. The van der Waals surface area contributed by atoms with Crippen LogP contribution in [0.3, 0.4) is 0 Å². The van der Waals surface area contributed by atoms with Crippen LogP contribution in [0.25, 0.3) is 33.3 Å². The number of nitrogens with two attached hydrogens (primary N) is 1. The molecule has 1 aromatic carbocycles. The Hall–Kier alpha value is -3.50. The monoisotopic (exact) mass is 475 g/mol. The van der Waals surface area contributed by atoms with Gasteiger partial charge >= 0.3 is 0 Å². The molecule has 7 rings (SSSR count). The number of rotatable bonds is 4. The lowest BCUT2D eigenvalue weighted by molar-refractivity contribution is 0.376. The van der Waals surface area contributed by atoms with E-state index in [4.69, 9.17) is 31.8 Å². The number of aromatic amines is 1. The van der Waals surface area contributed by atoms with Gasteiger partial charge in [-0.05, 0) is 30.9 Å². The summed E-state index contributed by atoms with van der Waals surface area (Å²) >= 11 is 6.72. The Bertz CT molecular complexity index is 1570. The number of H-pyrrole nitrogens is 1. The van der Waals surface area contributed by atoms with Gasteiger partial charge in [0.2, 0.25) is 5.65 Å². The van der Waals surface area contributed by atoms with Gasteiger partial charge in [0.15, 0.2) is 0 Å². The van der Waals surface area contributed by atoms with Gasteiger partial charge in [0.05, 0.1) is 28.1 Å². The molecule has 0 amide bonds. The molecule has 1 aliphatic carbocycles. The standard InChI is InChI=1S/C23H22ClN9O/c1-11-5-17(31-34-11)23(10-25)14-8-33(9-15(14)23)18-6-26-21-20(28-29-22(21)27-18)12-3-4-16-13(19(12)24)7-32(2)30-16/h3-7,14-15H,8-10,25H2,1-2H3,(H,27,28,29)/t14-,15+,23?. The van der Waals surface area contributed by atoms with Crippen molar-refractivity contribution in [2.45, 2.75) is 12.3 Å². The number of piperidine rings is 1. The van der Waals surface area contributed by atoms with Gasteiger partial charge in [-0.25, -0.2) is 9.97 Å². The molecule has 1 unspecified atom stereocenters. The number of aryl methyl sites for hydroxylation is 2. The summed E-state index contributed by atoms with van der Waals surface area (Å²) in [7, 11) is 1.88. The fraction of sp³-hybridized carbons (Fsp3) is 0.348. The fourth-order valence-electron chi connectivity index (χ4n) is 5.79. The van der Waals surface area contributed by atoms with E-state index in [9.17, 15) is 0 Å². The lowest BCUT2D eigenvalue weighted by Crippen LogP contribution is -2.35. The van der Waals surface area contributed by atoms with Crippen LogP contribution in [-0.4, -0.2) is 54.7 Å². The van der Waals surface area contributed by atoms with Crippen LogP contribution < -0.4 is 10.6 Å². The van der Waals surface area contributed by atoms with E-state index in [2.05, 4.69) is 25.4 Å². The molecule has 5 heterocycles. The Morgan fingerprint density at radius 1 is 1.29 bits per heavy atom. The Balaban J connectivity index is 1.18. The van der Waals surface area contributed by atoms with Gasteiger partial charge < -0.3 is 15.2 Å². The second kappa shape index (κ2) is 6.77. The highest BCUT2D eigenvalue weighted by Gasteiger charge is 2.69. The van der Waals surface area contributed by atoms with Crippen LogP contribution in [0.5, 0.6) is 0 Å². The molecule has 1 saturated carbocycles. The minimum atomic E-state index is -0.0903. The largest absolute Gasteiger partial charge is 0.361 e. The highest BCUT2D eigenvalue weighted by Crippen LogP contribution is 2.63. The number of benzene rings is 1. The van der Waals surface area contributed by atoms with Crippen LogP contribution in [0.4, 0.5) is 5.82 Å². The van der Waals surface area contributed by atoms with Gasteiger partial charge in [-0.3, -0.25) is 9.78 Å². The van der Waals surface area contributed by atoms with Crippen molar-refractivity contribution in [1.82, 2.24) is 35.1 Å². The SMILES string of the molecule is Cc1cc(C2(CN)[C@@H]3CN(c4cnc5c(-c6ccc7nn(C)cc7c6Cl)[nH]nc5n4)C[C@@H]32)no1. The van der Waals surface area contributed by atoms with Gasteiger partial charge in [-0.1, -0.05) is 16.8 Å². The highest BCUT2D eigenvalue weighted by atomic mass is 35.5. The minimum absolute atomic E-state index is 0.0903. The van der Waals surface area contributed by atoms with E-state index in [0.29, 0.717) is 34.6 Å². The maximum Gasteiger partial charge on any atom is 0.202 e. The molecule has 1 saturated heterocycles. The molecule has 34 heavy (non-hydrogen) atoms. The van der Waals surface area contributed by atoms with Crippen molar-refractivity contribution in [2.24, 2.45) is 24.6 Å². The summed E-state index contributed by atoms with van der Waals surface area (Å²) in [6.07, 6.45) is 3.72. The van der Waals surface area contributed by atoms with Crippen LogP contribution in [0, 0.1) is 18.8 Å². The van der Waals surface area contributed by atoms with Crippen molar-refractivity contribution in [2.75, 3.05) is 24.5 Å².